The van der Waals surface area contributed by atoms with Gasteiger partial charge >= 0.3 is 0 Å². The minimum Gasteiger partial charge on any atom is -0.496 e. The van der Waals surface area contributed by atoms with Gasteiger partial charge in [0.05, 0.1) is 12.5 Å². The van der Waals surface area contributed by atoms with Crippen LogP contribution in [0.4, 0.5) is 0 Å². The summed E-state index contributed by atoms with van der Waals surface area (Å²) in [5, 5.41) is 0. The number of nitrogens with zero attached hydrogens (tertiary/aromatic N) is 2. The molecular formula is C23H26N2O3. The molecule has 0 unspecified atom stereocenters. The van der Waals surface area contributed by atoms with Crippen LogP contribution >= 0.6 is 0 Å². The maximum Gasteiger partial charge on any atom is 0.253 e. The Kier molecular flexibility index (Phi) is 4.84. The molecule has 1 heterocycles. The molecule has 0 atom stereocenters. The predicted octanol–water partition coefficient (Wildman–Crippen LogP) is 3.02. The van der Waals surface area contributed by atoms with E-state index in [-0.39, 0.29) is 11.8 Å². The number of amides is 2. The minimum absolute atomic E-state index is 0.0390. The molecule has 0 N–H and O–H groups in total. The molecule has 2 fully saturated rings. The van der Waals surface area contributed by atoms with Crippen LogP contribution in [0, 0.1) is 6.92 Å². The van der Waals surface area contributed by atoms with E-state index in [1.54, 1.807) is 7.11 Å². The van der Waals surface area contributed by atoms with Crippen LogP contribution in [0.5, 0.6) is 5.75 Å². The highest BCUT2D eigenvalue weighted by Gasteiger charge is 2.53. The van der Waals surface area contributed by atoms with E-state index in [2.05, 4.69) is 6.07 Å². The SMILES string of the molecule is COc1cc(C2(C(=O)N3CCN(C(=O)c4ccccc4)CC3)CC2)ccc1C. The van der Waals surface area contributed by atoms with Crippen LogP contribution in [-0.4, -0.2) is 54.9 Å². The number of aryl methyl sites for hydroxylation is 1. The van der Waals surface area contributed by atoms with E-state index in [1.165, 1.54) is 0 Å². The number of rotatable bonds is 4. The largest absolute Gasteiger partial charge is 0.496 e. The monoisotopic (exact) mass is 378 g/mol. The third kappa shape index (κ3) is 3.26. The number of benzene rings is 2. The average Bonchev–Trinajstić information content (AvgIpc) is 3.56. The van der Waals surface area contributed by atoms with Crippen LogP contribution in [0.3, 0.4) is 0 Å². The summed E-state index contributed by atoms with van der Waals surface area (Å²) in [5.74, 6) is 1.05. The zero-order valence-corrected chi connectivity index (χ0v) is 16.5. The summed E-state index contributed by atoms with van der Waals surface area (Å²) in [5.41, 5.74) is 2.41. The molecule has 5 heteroatoms. The summed E-state index contributed by atoms with van der Waals surface area (Å²) in [6, 6.07) is 15.4. The van der Waals surface area contributed by atoms with Gasteiger partial charge in [-0.15, -0.1) is 0 Å². The number of methoxy groups -OCH3 is 1. The Balaban J connectivity index is 1.43. The summed E-state index contributed by atoms with van der Waals surface area (Å²) in [4.78, 5) is 29.7. The fraction of sp³-hybridized carbons (Fsp3) is 0.391. The molecule has 2 aromatic rings. The van der Waals surface area contributed by atoms with Gasteiger partial charge in [-0.1, -0.05) is 30.3 Å². The fourth-order valence-corrected chi connectivity index (χ4v) is 4.05. The lowest BCUT2D eigenvalue weighted by atomic mass is 9.92. The Morgan fingerprint density at radius 3 is 2.18 bits per heavy atom. The van der Waals surface area contributed by atoms with Gasteiger partial charge in [-0.2, -0.15) is 0 Å². The Labute approximate surface area is 165 Å². The van der Waals surface area contributed by atoms with Crippen LogP contribution in [0.25, 0.3) is 0 Å². The third-order valence-corrected chi connectivity index (χ3v) is 5.99. The Morgan fingerprint density at radius 2 is 1.57 bits per heavy atom. The van der Waals surface area contributed by atoms with Crippen LogP contribution in [0.1, 0.15) is 34.3 Å². The van der Waals surface area contributed by atoms with Gasteiger partial charge in [0, 0.05) is 31.7 Å². The van der Waals surface area contributed by atoms with Crippen molar-refractivity contribution in [2.75, 3.05) is 33.3 Å². The first-order valence-electron chi connectivity index (χ1n) is 9.84. The summed E-state index contributed by atoms with van der Waals surface area (Å²) < 4.78 is 5.45. The first-order chi connectivity index (χ1) is 13.5. The van der Waals surface area contributed by atoms with Gasteiger partial charge in [-0.25, -0.2) is 0 Å². The molecule has 146 valence electrons. The van der Waals surface area contributed by atoms with Gasteiger partial charge in [-0.3, -0.25) is 9.59 Å². The van der Waals surface area contributed by atoms with Crippen molar-refractivity contribution in [2.45, 2.75) is 25.2 Å². The van der Waals surface area contributed by atoms with Crippen molar-refractivity contribution in [1.29, 1.82) is 0 Å². The highest BCUT2D eigenvalue weighted by Crippen LogP contribution is 2.50. The van der Waals surface area contributed by atoms with Gasteiger partial charge in [-0.05, 0) is 49.1 Å². The zero-order valence-electron chi connectivity index (χ0n) is 16.5. The molecule has 0 bridgehead atoms. The zero-order chi connectivity index (χ0) is 19.7. The summed E-state index contributed by atoms with van der Waals surface area (Å²) in [6.45, 7) is 4.33. The topological polar surface area (TPSA) is 49.9 Å². The van der Waals surface area contributed by atoms with E-state index < -0.39 is 5.41 Å². The highest BCUT2D eigenvalue weighted by molar-refractivity contribution is 5.95. The second kappa shape index (κ2) is 7.30. The Morgan fingerprint density at radius 1 is 0.929 bits per heavy atom. The molecular weight excluding hydrogens is 352 g/mol. The quantitative estimate of drug-likeness (QED) is 0.822. The van der Waals surface area contributed by atoms with E-state index in [0.29, 0.717) is 31.7 Å². The van der Waals surface area contributed by atoms with Crippen molar-refractivity contribution in [3.05, 3.63) is 65.2 Å². The lowest BCUT2D eigenvalue weighted by Gasteiger charge is -2.36. The van der Waals surface area contributed by atoms with E-state index in [0.717, 1.165) is 29.7 Å². The molecule has 2 aliphatic rings. The van der Waals surface area contributed by atoms with E-state index in [4.69, 9.17) is 4.74 Å². The molecule has 0 spiro atoms. The van der Waals surface area contributed by atoms with Crippen LogP contribution < -0.4 is 4.74 Å². The smallest absolute Gasteiger partial charge is 0.253 e. The van der Waals surface area contributed by atoms with E-state index in [1.807, 2.05) is 59.2 Å². The molecule has 1 aliphatic carbocycles. The summed E-state index contributed by atoms with van der Waals surface area (Å²) in [7, 11) is 1.66. The molecule has 1 aliphatic heterocycles. The normalized spacial score (nSPS) is 17.9. The van der Waals surface area contributed by atoms with Crippen molar-refractivity contribution in [3.63, 3.8) is 0 Å². The van der Waals surface area contributed by atoms with Gasteiger partial charge in [0.2, 0.25) is 5.91 Å². The van der Waals surface area contributed by atoms with E-state index in [9.17, 15) is 9.59 Å². The fourth-order valence-electron chi connectivity index (χ4n) is 4.05. The summed E-state index contributed by atoms with van der Waals surface area (Å²) in [6.07, 6.45) is 1.75. The molecule has 0 radical (unpaired) electrons. The first kappa shape index (κ1) is 18.5. The lowest BCUT2D eigenvalue weighted by Crippen LogP contribution is -2.53. The Hall–Kier alpha value is -2.82. The number of hydrogen-bond acceptors (Lipinski definition) is 3. The number of ether oxygens (including phenoxy) is 1. The molecule has 28 heavy (non-hydrogen) atoms. The van der Waals surface area contributed by atoms with Crippen molar-refractivity contribution in [2.24, 2.45) is 0 Å². The van der Waals surface area contributed by atoms with Crippen molar-refractivity contribution in [1.82, 2.24) is 9.80 Å². The van der Waals surface area contributed by atoms with Crippen molar-refractivity contribution < 1.29 is 14.3 Å². The standard InChI is InChI=1S/C23H26N2O3/c1-17-8-9-19(16-20(17)28-2)23(10-11-23)22(27)25-14-12-24(13-15-25)21(26)18-6-4-3-5-7-18/h3-9,16H,10-15H2,1-2H3. The van der Waals surface area contributed by atoms with E-state index >= 15 is 0 Å². The molecule has 1 saturated heterocycles. The maximum atomic E-state index is 13.3. The molecule has 0 aromatic heterocycles. The molecule has 4 rings (SSSR count). The average molecular weight is 378 g/mol. The lowest BCUT2D eigenvalue weighted by molar-refractivity contribution is -0.135. The highest BCUT2D eigenvalue weighted by atomic mass is 16.5. The van der Waals surface area contributed by atoms with Crippen molar-refractivity contribution in [3.8, 4) is 5.75 Å². The first-order valence-corrected chi connectivity index (χ1v) is 9.84. The second-order valence-electron chi connectivity index (χ2n) is 7.72. The number of piperazine rings is 1. The van der Waals surface area contributed by atoms with Gasteiger partial charge in [0.15, 0.2) is 0 Å². The van der Waals surface area contributed by atoms with Gasteiger partial charge in [0.25, 0.3) is 5.91 Å². The van der Waals surface area contributed by atoms with Gasteiger partial charge < -0.3 is 14.5 Å². The number of hydrogen-bond donors (Lipinski definition) is 0. The van der Waals surface area contributed by atoms with Crippen LogP contribution in [-0.2, 0) is 10.2 Å². The number of carbonyl (C=O) groups is 2. The van der Waals surface area contributed by atoms with Crippen molar-refractivity contribution >= 4 is 11.8 Å². The second-order valence-corrected chi connectivity index (χ2v) is 7.72. The minimum atomic E-state index is -0.410. The number of carbonyl (C=O) groups excluding carboxylic acids is 2. The van der Waals surface area contributed by atoms with Crippen LogP contribution in [0.2, 0.25) is 0 Å². The molecule has 5 nitrogen and oxygen atoms in total. The molecule has 1 saturated carbocycles. The third-order valence-electron chi connectivity index (χ3n) is 5.99. The Bertz CT molecular complexity index is 882. The molecule has 2 aromatic carbocycles. The van der Waals surface area contributed by atoms with Gasteiger partial charge in [0.1, 0.15) is 5.75 Å². The predicted molar refractivity (Wildman–Crippen MR) is 108 cm³/mol. The summed E-state index contributed by atoms with van der Waals surface area (Å²) >= 11 is 0. The van der Waals surface area contributed by atoms with Crippen LogP contribution in [0.15, 0.2) is 48.5 Å². The maximum absolute atomic E-state index is 13.3. The molecule has 2 amide bonds.